The van der Waals surface area contributed by atoms with Crippen molar-refractivity contribution in [2.75, 3.05) is 12.4 Å². The van der Waals surface area contributed by atoms with Crippen LogP contribution in [0.2, 0.25) is 0 Å². The summed E-state index contributed by atoms with van der Waals surface area (Å²) in [5, 5.41) is 24.2. The number of benzene rings is 1. The minimum Gasteiger partial charge on any atom is -0.462 e. The predicted molar refractivity (Wildman–Crippen MR) is 141 cm³/mol. The van der Waals surface area contributed by atoms with Gasteiger partial charge in [-0.1, -0.05) is 31.2 Å². The van der Waals surface area contributed by atoms with Gasteiger partial charge >= 0.3 is 5.63 Å². The van der Waals surface area contributed by atoms with E-state index in [1.54, 1.807) is 58.1 Å². The first kappa shape index (κ1) is 28.3. The summed E-state index contributed by atoms with van der Waals surface area (Å²) in [5.41, 5.74) is 0.314. The second kappa shape index (κ2) is 11.4. The number of amides is 1. The summed E-state index contributed by atoms with van der Waals surface area (Å²) in [6.45, 7) is 12.7. The zero-order valence-electron chi connectivity index (χ0n) is 22.0. The second-order valence-corrected chi connectivity index (χ2v) is 9.44. The van der Waals surface area contributed by atoms with Crippen LogP contribution < -0.4 is 15.7 Å². The lowest BCUT2D eigenvalue weighted by Crippen LogP contribution is -2.63. The Morgan fingerprint density at radius 2 is 1.95 bits per heavy atom. The van der Waals surface area contributed by atoms with Gasteiger partial charge in [-0.25, -0.2) is 4.79 Å². The summed E-state index contributed by atoms with van der Waals surface area (Å²) >= 11 is 0. The first-order chi connectivity index (χ1) is 17.4. The topological polar surface area (TPSA) is 127 Å². The Bertz CT molecular complexity index is 1290. The number of hydrogen-bond acceptors (Lipinski definition) is 8. The molecule has 9 heteroatoms. The smallest absolute Gasteiger partial charge is 0.360 e. The van der Waals surface area contributed by atoms with Gasteiger partial charge in [-0.3, -0.25) is 4.79 Å². The number of fused-ring (bicyclic) bond motifs is 1. The number of hydrogen-bond donors (Lipinski definition) is 3. The van der Waals surface area contributed by atoms with E-state index < -0.39 is 41.7 Å². The van der Waals surface area contributed by atoms with Crippen molar-refractivity contribution in [1.82, 2.24) is 0 Å². The minimum atomic E-state index is -1.37. The van der Waals surface area contributed by atoms with Gasteiger partial charge in [0.05, 0.1) is 5.60 Å². The molecule has 1 fully saturated rings. The minimum absolute atomic E-state index is 0.00541. The summed E-state index contributed by atoms with van der Waals surface area (Å²) < 4.78 is 22.6. The average molecular weight is 514 g/mol. The molecule has 1 amide bonds. The van der Waals surface area contributed by atoms with Crippen molar-refractivity contribution < 1.29 is 33.6 Å². The number of allylic oxidation sites excluding steroid dienone is 3. The van der Waals surface area contributed by atoms with Crippen molar-refractivity contribution in [3.05, 3.63) is 70.1 Å². The third-order valence-electron chi connectivity index (χ3n) is 6.42. The number of ether oxygens (including phenoxy) is 3. The molecule has 1 aliphatic heterocycles. The van der Waals surface area contributed by atoms with Crippen molar-refractivity contribution in [3.8, 4) is 5.75 Å². The standard InChI is InChI=1S/C28H35NO8/c1-8-15(3)10-11-17(9-2)25(32)29-19-14-18-12-13-20(16(4)23(18)36-26(19)33)35-27-22(31)21(30)24(34-7)28(5,6)37-27/h9-14,21-22,24,27,30-31H,3,8H2,1-2,4-7H3,(H,29,32). The van der Waals surface area contributed by atoms with E-state index in [1.807, 2.05) is 6.92 Å². The number of carbonyl (C=O) groups excluding carboxylic acids is 1. The summed E-state index contributed by atoms with van der Waals surface area (Å²) in [4.78, 5) is 25.4. The summed E-state index contributed by atoms with van der Waals surface area (Å²) in [5.74, 6) is -0.155. The number of nitrogens with one attached hydrogen (secondary N) is 1. The van der Waals surface area contributed by atoms with Crippen LogP contribution >= 0.6 is 0 Å². The first-order valence-corrected chi connectivity index (χ1v) is 12.1. The van der Waals surface area contributed by atoms with Gasteiger partial charge in [0, 0.05) is 23.6 Å². The van der Waals surface area contributed by atoms with E-state index in [0.29, 0.717) is 22.3 Å². The van der Waals surface area contributed by atoms with Gasteiger partial charge in [0.2, 0.25) is 6.29 Å². The quantitative estimate of drug-likeness (QED) is 0.277. The molecule has 0 radical (unpaired) electrons. The molecule has 37 heavy (non-hydrogen) atoms. The lowest BCUT2D eigenvalue weighted by molar-refractivity contribution is -0.306. The van der Waals surface area contributed by atoms with Crippen LogP contribution in [0.4, 0.5) is 5.69 Å². The Labute approximate surface area is 216 Å². The Kier molecular flexibility index (Phi) is 8.76. The van der Waals surface area contributed by atoms with Crippen LogP contribution in [0, 0.1) is 6.92 Å². The lowest BCUT2D eigenvalue weighted by Gasteiger charge is -2.46. The Morgan fingerprint density at radius 1 is 1.24 bits per heavy atom. The van der Waals surface area contributed by atoms with Gasteiger partial charge < -0.3 is 34.2 Å². The van der Waals surface area contributed by atoms with Crippen LogP contribution in [0.1, 0.15) is 39.7 Å². The zero-order chi connectivity index (χ0) is 27.5. The highest BCUT2D eigenvalue weighted by Crippen LogP contribution is 2.35. The Hall–Kier alpha value is -3.24. The van der Waals surface area contributed by atoms with Gasteiger partial charge in [-0.15, -0.1) is 0 Å². The largest absolute Gasteiger partial charge is 0.462 e. The van der Waals surface area contributed by atoms with Crippen LogP contribution in [-0.4, -0.2) is 53.4 Å². The maximum absolute atomic E-state index is 12.7. The molecule has 3 rings (SSSR count). The van der Waals surface area contributed by atoms with Crippen molar-refractivity contribution >= 4 is 22.6 Å². The van der Waals surface area contributed by atoms with E-state index >= 15 is 0 Å². The number of anilines is 1. The van der Waals surface area contributed by atoms with Crippen molar-refractivity contribution in [2.45, 2.75) is 71.2 Å². The molecule has 0 bridgehead atoms. The molecule has 3 N–H and O–H groups in total. The molecular formula is C28H35NO8. The number of aliphatic hydroxyl groups excluding tert-OH is 2. The predicted octanol–water partition coefficient (Wildman–Crippen LogP) is 3.76. The van der Waals surface area contributed by atoms with Crippen LogP contribution in [0.3, 0.4) is 0 Å². The third kappa shape index (κ3) is 6.02. The third-order valence-corrected chi connectivity index (χ3v) is 6.42. The van der Waals surface area contributed by atoms with Gasteiger partial charge in [-0.05, 0) is 58.4 Å². The van der Waals surface area contributed by atoms with Gasteiger partial charge in [-0.2, -0.15) is 0 Å². The van der Waals surface area contributed by atoms with Crippen LogP contribution in [0.5, 0.6) is 5.75 Å². The fourth-order valence-electron chi connectivity index (χ4n) is 4.17. The molecule has 4 atom stereocenters. The molecule has 0 spiro atoms. The fraction of sp³-hybridized carbons (Fsp3) is 0.429. The normalized spacial score (nSPS) is 23.8. The molecule has 1 aromatic heterocycles. The van der Waals surface area contributed by atoms with E-state index in [9.17, 15) is 19.8 Å². The average Bonchev–Trinajstić information content (AvgIpc) is 2.85. The van der Waals surface area contributed by atoms with Gasteiger partial charge in [0.15, 0.2) is 0 Å². The van der Waals surface area contributed by atoms with Crippen molar-refractivity contribution in [2.24, 2.45) is 0 Å². The number of carbonyl (C=O) groups is 1. The first-order valence-electron chi connectivity index (χ1n) is 12.1. The summed E-state index contributed by atoms with van der Waals surface area (Å²) in [6, 6.07) is 4.82. The van der Waals surface area contributed by atoms with E-state index in [4.69, 9.17) is 18.6 Å². The lowest BCUT2D eigenvalue weighted by atomic mass is 9.89. The zero-order valence-corrected chi connectivity index (χ0v) is 22.0. The monoisotopic (exact) mass is 513 g/mol. The molecule has 1 aliphatic rings. The van der Waals surface area contributed by atoms with Crippen LogP contribution in [0.25, 0.3) is 11.0 Å². The van der Waals surface area contributed by atoms with Crippen molar-refractivity contribution in [1.29, 1.82) is 0 Å². The molecule has 4 unspecified atom stereocenters. The van der Waals surface area contributed by atoms with Crippen LogP contribution in [-0.2, 0) is 14.3 Å². The molecule has 0 saturated carbocycles. The van der Waals surface area contributed by atoms with E-state index in [1.165, 1.54) is 13.2 Å². The number of methoxy groups -OCH3 is 1. The Balaban J connectivity index is 1.86. The number of aliphatic hydroxyl groups is 2. The van der Waals surface area contributed by atoms with Crippen molar-refractivity contribution in [3.63, 3.8) is 0 Å². The maximum atomic E-state index is 12.7. The molecule has 1 aromatic carbocycles. The molecule has 2 heterocycles. The molecule has 0 aliphatic carbocycles. The molecule has 9 nitrogen and oxygen atoms in total. The molecule has 1 saturated heterocycles. The highest BCUT2D eigenvalue weighted by molar-refractivity contribution is 6.06. The summed E-state index contributed by atoms with van der Waals surface area (Å²) in [6.07, 6.45) is 1.25. The molecule has 2 aromatic rings. The highest BCUT2D eigenvalue weighted by atomic mass is 16.7. The van der Waals surface area contributed by atoms with Gasteiger partial charge in [0.25, 0.3) is 5.91 Å². The summed E-state index contributed by atoms with van der Waals surface area (Å²) in [7, 11) is 1.43. The maximum Gasteiger partial charge on any atom is 0.360 e. The molecular weight excluding hydrogens is 478 g/mol. The van der Waals surface area contributed by atoms with E-state index in [-0.39, 0.29) is 11.3 Å². The van der Waals surface area contributed by atoms with Gasteiger partial charge in [0.1, 0.15) is 35.3 Å². The molecule has 200 valence electrons. The SMILES string of the molecule is C=C(C=CC(=CC)C(=O)Nc1cc2ccc(OC3OC(C)(C)C(OC)C(O)C3O)c(C)c2oc1=O)CC. The highest BCUT2D eigenvalue weighted by Gasteiger charge is 2.50. The Morgan fingerprint density at radius 3 is 2.57 bits per heavy atom. The van der Waals surface area contributed by atoms with E-state index in [2.05, 4.69) is 11.9 Å². The number of aryl methyl sites for hydroxylation is 1. The number of rotatable bonds is 8. The second-order valence-electron chi connectivity index (χ2n) is 9.44. The fourth-order valence-corrected chi connectivity index (χ4v) is 4.17. The van der Waals surface area contributed by atoms with E-state index in [0.717, 1.165) is 12.0 Å². The van der Waals surface area contributed by atoms with Crippen LogP contribution in [0.15, 0.2) is 63.4 Å².